The molecule has 4 rings (SSSR count). The van der Waals surface area contributed by atoms with Gasteiger partial charge in [-0.05, 0) is 31.7 Å². The number of aromatic nitrogens is 2. The predicted octanol–water partition coefficient (Wildman–Crippen LogP) is 0.588. The number of aromatic amines is 1. The zero-order chi connectivity index (χ0) is 17.6. The van der Waals surface area contributed by atoms with E-state index in [9.17, 15) is 14.7 Å². The second kappa shape index (κ2) is 6.03. The van der Waals surface area contributed by atoms with Crippen molar-refractivity contribution in [2.24, 2.45) is 5.73 Å². The molecule has 0 radical (unpaired) electrons. The third-order valence-corrected chi connectivity index (χ3v) is 5.36. The van der Waals surface area contributed by atoms with E-state index in [4.69, 9.17) is 5.73 Å². The molecule has 2 fully saturated rings. The van der Waals surface area contributed by atoms with Crippen LogP contribution in [0.5, 0.6) is 0 Å². The molecule has 2 bridgehead atoms. The maximum Gasteiger partial charge on any atom is 0.252 e. The molecule has 2 aliphatic rings. The van der Waals surface area contributed by atoms with E-state index in [1.54, 1.807) is 6.20 Å². The molecule has 2 aliphatic heterocycles. The Kier molecular flexibility index (Phi) is 3.84. The first-order chi connectivity index (χ1) is 12.1. The van der Waals surface area contributed by atoms with Crippen LogP contribution in [-0.2, 0) is 4.79 Å². The summed E-state index contributed by atoms with van der Waals surface area (Å²) in [5, 5.41) is 13.5. The number of nitrogens with one attached hydrogen (secondary N) is 2. The van der Waals surface area contributed by atoms with Crippen molar-refractivity contribution in [2.75, 3.05) is 11.9 Å². The number of anilines is 1. The van der Waals surface area contributed by atoms with E-state index in [2.05, 4.69) is 15.3 Å². The normalized spacial score (nSPS) is 25.3. The molecule has 0 spiro atoms. The summed E-state index contributed by atoms with van der Waals surface area (Å²) in [5.74, 6) is -0.713. The van der Waals surface area contributed by atoms with Gasteiger partial charge in [0.25, 0.3) is 5.91 Å². The summed E-state index contributed by atoms with van der Waals surface area (Å²) in [7, 11) is 0. The first kappa shape index (κ1) is 15.9. The second-order valence-electron chi connectivity index (χ2n) is 6.81. The Bertz CT molecular complexity index is 819. The summed E-state index contributed by atoms with van der Waals surface area (Å²) in [6.07, 6.45) is 6.74. The number of primary amides is 1. The lowest BCUT2D eigenvalue weighted by Crippen LogP contribution is -2.50. The zero-order valence-electron chi connectivity index (χ0n) is 13.7. The number of aliphatic hydroxyl groups is 1. The number of H-pyrrole nitrogens is 1. The molecule has 4 heterocycles. The van der Waals surface area contributed by atoms with Crippen LogP contribution >= 0.6 is 0 Å². The maximum atomic E-state index is 12.0. The highest BCUT2D eigenvalue weighted by atomic mass is 16.3. The Morgan fingerprint density at radius 1 is 1.36 bits per heavy atom. The van der Waals surface area contributed by atoms with E-state index < -0.39 is 12.5 Å². The molecule has 5 N–H and O–H groups in total. The molecule has 2 aromatic heterocycles. The molecule has 8 nitrogen and oxygen atoms in total. The fourth-order valence-electron chi connectivity index (χ4n) is 4.34. The zero-order valence-corrected chi connectivity index (χ0v) is 13.7. The fourth-order valence-corrected chi connectivity index (χ4v) is 4.34. The highest BCUT2D eigenvalue weighted by Gasteiger charge is 2.43. The molecule has 8 heteroatoms. The smallest absolute Gasteiger partial charge is 0.252 e. The van der Waals surface area contributed by atoms with E-state index in [0.717, 1.165) is 31.1 Å². The largest absolute Gasteiger partial charge is 0.387 e. The molecular formula is C17H21N5O3. The molecule has 25 heavy (non-hydrogen) atoms. The van der Waals surface area contributed by atoms with Crippen molar-refractivity contribution in [1.82, 2.24) is 14.9 Å². The monoisotopic (exact) mass is 343 g/mol. The summed E-state index contributed by atoms with van der Waals surface area (Å²) in [6.45, 7) is -0.439. The SMILES string of the molecule is NC(=O)c1cnc2[nH]ccc2c1NC1C[C@H]2CC[C@@H](C1)N2C(=O)CO. The van der Waals surface area contributed by atoms with Gasteiger partial charge in [0.05, 0.1) is 11.3 Å². The number of nitrogens with zero attached hydrogens (tertiary/aromatic N) is 2. The molecule has 0 aromatic carbocycles. The van der Waals surface area contributed by atoms with E-state index in [0.29, 0.717) is 16.9 Å². The van der Waals surface area contributed by atoms with Crippen molar-refractivity contribution in [3.05, 3.63) is 24.0 Å². The topological polar surface area (TPSA) is 124 Å². The van der Waals surface area contributed by atoms with Gasteiger partial charge in [-0.25, -0.2) is 4.98 Å². The van der Waals surface area contributed by atoms with Crippen LogP contribution in [0.25, 0.3) is 11.0 Å². The minimum absolute atomic E-state index is 0.136. The number of amides is 2. The van der Waals surface area contributed by atoms with Gasteiger partial charge in [-0.3, -0.25) is 9.59 Å². The number of piperidine rings is 1. The maximum absolute atomic E-state index is 12.0. The van der Waals surface area contributed by atoms with Crippen LogP contribution < -0.4 is 11.1 Å². The Morgan fingerprint density at radius 3 is 2.72 bits per heavy atom. The highest BCUT2D eigenvalue weighted by molar-refractivity contribution is 6.06. The molecule has 0 saturated carbocycles. The number of pyridine rings is 1. The number of hydrogen-bond donors (Lipinski definition) is 4. The summed E-state index contributed by atoms with van der Waals surface area (Å²) in [4.78, 5) is 32.9. The summed E-state index contributed by atoms with van der Waals surface area (Å²) >= 11 is 0. The molecule has 0 aliphatic carbocycles. The molecule has 2 amide bonds. The number of fused-ring (bicyclic) bond motifs is 3. The summed E-state index contributed by atoms with van der Waals surface area (Å²) in [5.41, 5.74) is 7.28. The fraction of sp³-hybridized carbons (Fsp3) is 0.471. The number of carbonyl (C=O) groups is 2. The van der Waals surface area contributed by atoms with Crippen molar-refractivity contribution in [1.29, 1.82) is 0 Å². The first-order valence-electron chi connectivity index (χ1n) is 8.53. The standard InChI is InChI=1S/C17H21N5O3/c18-16(25)13-7-20-17-12(3-4-19-17)15(13)21-9-5-10-1-2-11(6-9)22(10)14(24)8-23/h3-4,7,9-11,23H,1-2,5-6,8H2,(H2,18,25)(H2,19,20,21)/t9?,10-,11+. The minimum atomic E-state index is -0.519. The van der Waals surface area contributed by atoms with Gasteiger partial charge in [0.2, 0.25) is 5.91 Å². The third-order valence-electron chi connectivity index (χ3n) is 5.36. The lowest BCUT2D eigenvalue weighted by molar-refractivity contribution is -0.138. The Morgan fingerprint density at radius 2 is 2.08 bits per heavy atom. The van der Waals surface area contributed by atoms with Gasteiger partial charge in [-0.1, -0.05) is 0 Å². The molecule has 3 atom stereocenters. The highest BCUT2D eigenvalue weighted by Crippen LogP contribution is 2.38. The number of aliphatic hydroxyl groups excluding tert-OH is 1. The number of nitrogens with two attached hydrogens (primary N) is 1. The van der Waals surface area contributed by atoms with Crippen LogP contribution in [0.2, 0.25) is 0 Å². The van der Waals surface area contributed by atoms with E-state index in [1.807, 2.05) is 11.0 Å². The third kappa shape index (κ3) is 2.62. The predicted molar refractivity (Wildman–Crippen MR) is 92.0 cm³/mol. The van der Waals surface area contributed by atoms with Crippen LogP contribution in [0, 0.1) is 0 Å². The average Bonchev–Trinajstić information content (AvgIpc) is 3.17. The lowest BCUT2D eigenvalue weighted by atomic mass is 9.96. The Balaban J connectivity index is 1.61. The number of hydrogen-bond acceptors (Lipinski definition) is 5. The molecule has 1 unspecified atom stereocenters. The van der Waals surface area contributed by atoms with Crippen LogP contribution in [-0.4, -0.2) is 56.5 Å². The van der Waals surface area contributed by atoms with Gasteiger partial charge in [0.15, 0.2) is 0 Å². The van der Waals surface area contributed by atoms with Crippen molar-refractivity contribution < 1.29 is 14.7 Å². The Labute approximate surface area is 144 Å². The van der Waals surface area contributed by atoms with Crippen molar-refractivity contribution >= 4 is 28.5 Å². The van der Waals surface area contributed by atoms with Gasteiger partial charge >= 0.3 is 0 Å². The molecule has 2 saturated heterocycles. The van der Waals surface area contributed by atoms with E-state index in [1.165, 1.54) is 6.20 Å². The van der Waals surface area contributed by atoms with Gasteiger partial charge in [-0.2, -0.15) is 0 Å². The van der Waals surface area contributed by atoms with Crippen molar-refractivity contribution in [3.63, 3.8) is 0 Å². The van der Waals surface area contributed by atoms with E-state index >= 15 is 0 Å². The van der Waals surface area contributed by atoms with Gasteiger partial charge in [0, 0.05) is 35.9 Å². The van der Waals surface area contributed by atoms with Crippen LogP contribution in [0.15, 0.2) is 18.5 Å². The average molecular weight is 343 g/mol. The quantitative estimate of drug-likeness (QED) is 0.647. The summed E-state index contributed by atoms with van der Waals surface area (Å²) < 4.78 is 0. The first-order valence-corrected chi connectivity index (χ1v) is 8.53. The number of carbonyl (C=O) groups excluding carboxylic acids is 2. The van der Waals surface area contributed by atoms with Gasteiger partial charge in [0.1, 0.15) is 12.3 Å². The van der Waals surface area contributed by atoms with Crippen molar-refractivity contribution in [2.45, 2.75) is 43.8 Å². The molecule has 2 aromatic rings. The second-order valence-corrected chi connectivity index (χ2v) is 6.81. The number of rotatable bonds is 4. The Hall–Kier alpha value is -2.61. The molecule has 132 valence electrons. The van der Waals surface area contributed by atoms with Crippen molar-refractivity contribution in [3.8, 4) is 0 Å². The van der Waals surface area contributed by atoms with E-state index in [-0.39, 0.29) is 24.0 Å². The van der Waals surface area contributed by atoms with Crippen LogP contribution in [0.4, 0.5) is 5.69 Å². The molecular weight excluding hydrogens is 322 g/mol. The lowest BCUT2D eigenvalue weighted by Gasteiger charge is -2.39. The minimum Gasteiger partial charge on any atom is -0.387 e. The summed E-state index contributed by atoms with van der Waals surface area (Å²) in [6, 6.07) is 2.28. The van der Waals surface area contributed by atoms with Crippen LogP contribution in [0.3, 0.4) is 0 Å². The van der Waals surface area contributed by atoms with Gasteiger partial charge in [-0.15, -0.1) is 0 Å². The van der Waals surface area contributed by atoms with Gasteiger partial charge < -0.3 is 26.0 Å². The van der Waals surface area contributed by atoms with Crippen LogP contribution in [0.1, 0.15) is 36.0 Å².